The number of carboxylic acid groups (broad SMARTS) is 1. The number of rotatable bonds is 4. The Labute approximate surface area is 85.5 Å². The maximum absolute atomic E-state index is 12.3. The van der Waals surface area contributed by atoms with Crippen LogP contribution in [0.5, 0.6) is 0 Å². The Morgan fingerprint density at radius 3 is 2.53 bits per heavy atom. The predicted octanol–water partition coefficient (Wildman–Crippen LogP) is 2.10. The number of halogens is 2. The van der Waals surface area contributed by atoms with Crippen molar-refractivity contribution in [2.75, 3.05) is 0 Å². The lowest BCUT2D eigenvalue weighted by molar-refractivity contribution is -0.137. The van der Waals surface area contributed by atoms with Crippen LogP contribution in [0.4, 0.5) is 8.78 Å². The van der Waals surface area contributed by atoms with Crippen molar-refractivity contribution in [2.45, 2.75) is 18.9 Å². The van der Waals surface area contributed by atoms with Gasteiger partial charge in [-0.1, -0.05) is 18.2 Å². The van der Waals surface area contributed by atoms with Gasteiger partial charge in [0, 0.05) is 11.6 Å². The van der Waals surface area contributed by atoms with E-state index >= 15 is 0 Å². The summed E-state index contributed by atoms with van der Waals surface area (Å²) in [5.74, 6) is -1.05. The van der Waals surface area contributed by atoms with Gasteiger partial charge in [-0.15, -0.1) is 0 Å². The van der Waals surface area contributed by atoms with E-state index < -0.39 is 18.4 Å². The number of carboxylic acids is 1. The van der Waals surface area contributed by atoms with Crippen molar-refractivity contribution in [3.8, 4) is 0 Å². The second kappa shape index (κ2) is 4.84. The van der Waals surface area contributed by atoms with Crippen molar-refractivity contribution in [2.24, 2.45) is 5.73 Å². The molecule has 0 saturated heterocycles. The van der Waals surface area contributed by atoms with E-state index in [0.717, 1.165) is 0 Å². The molecule has 3 N–H and O–H groups in total. The number of nitrogens with two attached hydrogens (primary N) is 1. The molecule has 1 aromatic carbocycles. The van der Waals surface area contributed by atoms with Gasteiger partial charge in [0.15, 0.2) is 0 Å². The molecule has 0 aromatic heterocycles. The van der Waals surface area contributed by atoms with Gasteiger partial charge in [-0.05, 0) is 11.6 Å². The molecule has 15 heavy (non-hydrogen) atoms. The van der Waals surface area contributed by atoms with E-state index in [9.17, 15) is 13.6 Å². The van der Waals surface area contributed by atoms with Gasteiger partial charge in [0.2, 0.25) is 0 Å². The standard InChI is InChI=1S/C10H11F2NO2/c11-10(12)7-3-1-2-6(4-7)8(13)5-9(14)15/h1-4,8,10H,5,13H2,(H,14,15)/t8-/m1/s1. The normalized spacial score (nSPS) is 12.8. The summed E-state index contributed by atoms with van der Waals surface area (Å²) in [4.78, 5) is 10.4. The van der Waals surface area contributed by atoms with Crippen LogP contribution in [0.15, 0.2) is 24.3 Å². The van der Waals surface area contributed by atoms with E-state index in [1.165, 1.54) is 18.2 Å². The largest absolute Gasteiger partial charge is 0.481 e. The van der Waals surface area contributed by atoms with Gasteiger partial charge in [0.05, 0.1) is 6.42 Å². The summed E-state index contributed by atoms with van der Waals surface area (Å²) < 4.78 is 24.6. The Bertz CT molecular complexity index is 355. The van der Waals surface area contributed by atoms with E-state index in [-0.39, 0.29) is 12.0 Å². The average molecular weight is 215 g/mol. The number of aliphatic carboxylic acids is 1. The highest BCUT2D eigenvalue weighted by molar-refractivity contribution is 5.67. The van der Waals surface area contributed by atoms with Crippen molar-refractivity contribution >= 4 is 5.97 Å². The second-order valence-electron chi connectivity index (χ2n) is 3.18. The van der Waals surface area contributed by atoms with Crippen molar-refractivity contribution in [3.63, 3.8) is 0 Å². The van der Waals surface area contributed by atoms with Crippen LogP contribution in [-0.2, 0) is 4.79 Å². The Morgan fingerprint density at radius 1 is 1.40 bits per heavy atom. The van der Waals surface area contributed by atoms with Gasteiger partial charge in [-0.25, -0.2) is 8.78 Å². The molecule has 0 aliphatic rings. The molecular weight excluding hydrogens is 204 g/mol. The topological polar surface area (TPSA) is 63.3 Å². The quantitative estimate of drug-likeness (QED) is 0.808. The van der Waals surface area contributed by atoms with Crippen LogP contribution in [0, 0.1) is 0 Å². The first kappa shape index (κ1) is 11.6. The average Bonchev–Trinajstić information content (AvgIpc) is 2.17. The Morgan fingerprint density at radius 2 is 2.00 bits per heavy atom. The first-order chi connectivity index (χ1) is 7.00. The summed E-state index contributed by atoms with van der Waals surface area (Å²) in [5, 5.41) is 8.50. The third-order valence-electron chi connectivity index (χ3n) is 1.99. The predicted molar refractivity (Wildman–Crippen MR) is 50.6 cm³/mol. The summed E-state index contributed by atoms with van der Waals surface area (Å²) in [5.41, 5.74) is 5.81. The molecule has 1 rings (SSSR count). The summed E-state index contributed by atoms with van der Waals surface area (Å²) >= 11 is 0. The zero-order chi connectivity index (χ0) is 11.4. The molecule has 0 saturated carbocycles. The molecule has 0 aliphatic carbocycles. The zero-order valence-electron chi connectivity index (χ0n) is 7.86. The molecule has 0 fully saturated rings. The van der Waals surface area contributed by atoms with Crippen LogP contribution < -0.4 is 5.73 Å². The molecule has 0 bridgehead atoms. The summed E-state index contributed by atoms with van der Waals surface area (Å²) in [6, 6.07) is 4.75. The third kappa shape index (κ3) is 3.28. The van der Waals surface area contributed by atoms with Crippen LogP contribution in [0.2, 0.25) is 0 Å². The van der Waals surface area contributed by atoms with E-state index in [0.29, 0.717) is 5.56 Å². The van der Waals surface area contributed by atoms with Gasteiger partial charge in [-0.2, -0.15) is 0 Å². The second-order valence-corrected chi connectivity index (χ2v) is 3.18. The molecule has 3 nitrogen and oxygen atoms in total. The minimum Gasteiger partial charge on any atom is -0.481 e. The number of alkyl halides is 2. The number of carbonyl (C=O) groups is 1. The molecule has 5 heteroatoms. The molecule has 1 aromatic rings. The van der Waals surface area contributed by atoms with E-state index in [1.807, 2.05) is 0 Å². The lowest BCUT2D eigenvalue weighted by Gasteiger charge is -2.10. The van der Waals surface area contributed by atoms with E-state index in [4.69, 9.17) is 10.8 Å². The van der Waals surface area contributed by atoms with Gasteiger partial charge < -0.3 is 10.8 Å². The fourth-order valence-electron chi connectivity index (χ4n) is 1.23. The van der Waals surface area contributed by atoms with Crippen LogP contribution >= 0.6 is 0 Å². The van der Waals surface area contributed by atoms with Crippen LogP contribution in [0.3, 0.4) is 0 Å². The highest BCUT2D eigenvalue weighted by Gasteiger charge is 2.13. The molecule has 0 heterocycles. The number of hydrogen-bond acceptors (Lipinski definition) is 2. The Hall–Kier alpha value is -1.49. The highest BCUT2D eigenvalue weighted by Crippen LogP contribution is 2.22. The maximum atomic E-state index is 12.3. The Balaban J connectivity index is 2.85. The molecule has 1 atom stereocenters. The number of hydrogen-bond donors (Lipinski definition) is 2. The van der Waals surface area contributed by atoms with Gasteiger partial charge >= 0.3 is 5.97 Å². The fraction of sp³-hybridized carbons (Fsp3) is 0.300. The van der Waals surface area contributed by atoms with Crippen molar-refractivity contribution in [1.82, 2.24) is 0 Å². The van der Waals surface area contributed by atoms with Crippen molar-refractivity contribution in [1.29, 1.82) is 0 Å². The van der Waals surface area contributed by atoms with E-state index in [2.05, 4.69) is 0 Å². The highest BCUT2D eigenvalue weighted by atomic mass is 19.3. The van der Waals surface area contributed by atoms with Crippen molar-refractivity contribution in [3.05, 3.63) is 35.4 Å². The summed E-state index contributed by atoms with van der Waals surface area (Å²) in [6.45, 7) is 0. The summed E-state index contributed by atoms with van der Waals surface area (Å²) in [6.07, 6.45) is -2.84. The van der Waals surface area contributed by atoms with Gasteiger partial charge in [0.25, 0.3) is 6.43 Å². The minimum atomic E-state index is -2.57. The van der Waals surface area contributed by atoms with Gasteiger partial charge in [0.1, 0.15) is 0 Å². The first-order valence-corrected chi connectivity index (χ1v) is 4.36. The lowest BCUT2D eigenvalue weighted by atomic mass is 10.0. The molecule has 0 aliphatic heterocycles. The van der Waals surface area contributed by atoms with E-state index in [1.54, 1.807) is 6.07 Å². The zero-order valence-corrected chi connectivity index (χ0v) is 7.86. The molecule has 82 valence electrons. The Kier molecular flexibility index (Phi) is 3.74. The monoisotopic (exact) mass is 215 g/mol. The van der Waals surface area contributed by atoms with Crippen LogP contribution in [0.1, 0.15) is 30.0 Å². The van der Waals surface area contributed by atoms with Gasteiger partial charge in [-0.3, -0.25) is 4.79 Å². The molecule has 0 unspecified atom stereocenters. The minimum absolute atomic E-state index is 0.145. The SMILES string of the molecule is N[C@H](CC(=O)O)c1cccc(C(F)F)c1. The molecule has 0 amide bonds. The first-order valence-electron chi connectivity index (χ1n) is 4.36. The third-order valence-corrected chi connectivity index (χ3v) is 1.99. The maximum Gasteiger partial charge on any atom is 0.305 e. The van der Waals surface area contributed by atoms with Crippen molar-refractivity contribution < 1.29 is 18.7 Å². The molecule has 0 spiro atoms. The fourth-order valence-corrected chi connectivity index (χ4v) is 1.23. The van der Waals surface area contributed by atoms with Crippen LogP contribution in [-0.4, -0.2) is 11.1 Å². The smallest absolute Gasteiger partial charge is 0.305 e. The van der Waals surface area contributed by atoms with Crippen LogP contribution in [0.25, 0.3) is 0 Å². The summed E-state index contributed by atoms with van der Waals surface area (Å²) in [7, 11) is 0. The lowest BCUT2D eigenvalue weighted by Crippen LogP contribution is -2.15. The number of benzene rings is 1. The molecular formula is C10H11F2NO2. The molecule has 0 radical (unpaired) electrons.